The lowest BCUT2D eigenvalue weighted by atomic mass is 10.3. The van der Waals surface area contributed by atoms with Gasteiger partial charge in [-0.2, -0.15) is 0 Å². The predicted molar refractivity (Wildman–Crippen MR) is 107 cm³/mol. The van der Waals surface area contributed by atoms with Crippen LogP contribution in [0.1, 0.15) is 16.3 Å². The first-order chi connectivity index (χ1) is 13.5. The van der Waals surface area contributed by atoms with Crippen molar-refractivity contribution >= 4 is 40.7 Å². The zero-order valence-electron chi connectivity index (χ0n) is 14.6. The van der Waals surface area contributed by atoms with Gasteiger partial charge < -0.3 is 19.8 Å². The van der Waals surface area contributed by atoms with Crippen LogP contribution in [0.4, 0.5) is 5.69 Å². The molecule has 2 amide bonds. The van der Waals surface area contributed by atoms with Gasteiger partial charge in [0.05, 0.1) is 16.6 Å². The van der Waals surface area contributed by atoms with E-state index in [1.165, 1.54) is 12.1 Å². The maximum Gasteiger partial charge on any atom is 0.287 e. The minimum absolute atomic E-state index is 0.0917. The van der Waals surface area contributed by atoms with E-state index in [1.807, 2.05) is 30.3 Å². The Morgan fingerprint density at radius 2 is 1.75 bits per heavy atom. The van der Waals surface area contributed by atoms with E-state index in [0.717, 1.165) is 0 Å². The minimum atomic E-state index is -0.504. The van der Waals surface area contributed by atoms with Crippen molar-refractivity contribution in [3.05, 3.63) is 82.2 Å². The average molecular weight is 419 g/mol. The van der Waals surface area contributed by atoms with Crippen molar-refractivity contribution in [2.75, 3.05) is 11.9 Å². The Bertz CT molecular complexity index is 973. The third kappa shape index (κ3) is 5.52. The summed E-state index contributed by atoms with van der Waals surface area (Å²) in [5, 5.41) is 5.81. The lowest BCUT2D eigenvalue weighted by Crippen LogP contribution is -2.32. The molecule has 0 saturated heterocycles. The van der Waals surface area contributed by atoms with Crippen LogP contribution in [0, 0.1) is 0 Å². The van der Waals surface area contributed by atoms with E-state index in [0.29, 0.717) is 27.2 Å². The lowest BCUT2D eigenvalue weighted by Gasteiger charge is -2.07. The molecule has 1 heterocycles. The van der Waals surface area contributed by atoms with Gasteiger partial charge in [-0.25, -0.2) is 0 Å². The van der Waals surface area contributed by atoms with Crippen LogP contribution >= 0.6 is 23.2 Å². The summed E-state index contributed by atoms with van der Waals surface area (Å²) < 4.78 is 11.0. The number of carbonyl (C=O) groups excluding carboxylic acids is 2. The molecule has 0 bridgehead atoms. The third-order valence-corrected chi connectivity index (χ3v) is 4.36. The van der Waals surface area contributed by atoms with Crippen LogP contribution in [0.3, 0.4) is 0 Å². The van der Waals surface area contributed by atoms with Crippen LogP contribution in [-0.2, 0) is 11.4 Å². The zero-order chi connectivity index (χ0) is 19.9. The fourth-order valence-electron chi connectivity index (χ4n) is 2.28. The Labute approximate surface area is 171 Å². The number of hydrogen-bond acceptors (Lipinski definition) is 4. The number of hydrogen-bond donors (Lipinski definition) is 2. The van der Waals surface area contributed by atoms with E-state index in [9.17, 15) is 9.59 Å². The summed E-state index contributed by atoms with van der Waals surface area (Å²) in [5.41, 5.74) is 0.479. The monoisotopic (exact) mass is 418 g/mol. The molecule has 3 rings (SSSR count). The number of carbonyl (C=O) groups is 2. The summed E-state index contributed by atoms with van der Waals surface area (Å²) in [5.74, 6) is 0.369. The molecule has 2 N–H and O–H groups in total. The highest BCUT2D eigenvalue weighted by Crippen LogP contribution is 2.24. The molecule has 2 aromatic carbocycles. The fourth-order valence-corrected chi connectivity index (χ4v) is 2.57. The molecule has 1 aromatic heterocycles. The SMILES string of the molecule is O=C(CNC(=O)c1ccc(COc2ccccc2)o1)Nc1ccc(Cl)c(Cl)c1. The van der Waals surface area contributed by atoms with E-state index < -0.39 is 11.8 Å². The van der Waals surface area contributed by atoms with Gasteiger partial charge in [0, 0.05) is 5.69 Å². The Kier molecular flexibility index (Phi) is 6.57. The second-order valence-corrected chi connectivity index (χ2v) is 6.54. The summed E-state index contributed by atoms with van der Waals surface area (Å²) in [7, 11) is 0. The van der Waals surface area contributed by atoms with Crippen molar-refractivity contribution in [1.29, 1.82) is 0 Å². The molecular formula is C20H16Cl2N2O4. The minimum Gasteiger partial charge on any atom is -0.486 e. The van der Waals surface area contributed by atoms with Gasteiger partial charge in [0.15, 0.2) is 5.76 Å². The molecule has 0 aliphatic heterocycles. The number of halogens is 2. The van der Waals surface area contributed by atoms with Crippen LogP contribution in [0.15, 0.2) is 65.1 Å². The van der Waals surface area contributed by atoms with Gasteiger partial charge in [0.2, 0.25) is 5.91 Å². The molecule has 0 aliphatic carbocycles. The molecule has 0 saturated carbocycles. The molecular weight excluding hydrogens is 403 g/mol. The summed E-state index contributed by atoms with van der Waals surface area (Å²) in [6.07, 6.45) is 0. The van der Waals surface area contributed by atoms with E-state index in [2.05, 4.69) is 10.6 Å². The van der Waals surface area contributed by atoms with Gasteiger partial charge in [-0.1, -0.05) is 41.4 Å². The van der Waals surface area contributed by atoms with Crippen molar-refractivity contribution in [1.82, 2.24) is 5.32 Å². The molecule has 6 nitrogen and oxygen atoms in total. The molecule has 8 heteroatoms. The van der Waals surface area contributed by atoms with Crippen LogP contribution < -0.4 is 15.4 Å². The fraction of sp³-hybridized carbons (Fsp3) is 0.100. The average Bonchev–Trinajstić information content (AvgIpc) is 3.17. The van der Waals surface area contributed by atoms with Gasteiger partial charge in [0.25, 0.3) is 5.91 Å². The number of ether oxygens (including phenoxy) is 1. The quantitative estimate of drug-likeness (QED) is 0.590. The summed E-state index contributed by atoms with van der Waals surface area (Å²) in [4.78, 5) is 24.1. The first-order valence-corrected chi connectivity index (χ1v) is 9.06. The van der Waals surface area contributed by atoms with E-state index in [-0.39, 0.29) is 18.9 Å². The normalized spacial score (nSPS) is 10.4. The zero-order valence-corrected chi connectivity index (χ0v) is 16.1. The van der Waals surface area contributed by atoms with Gasteiger partial charge in [-0.05, 0) is 42.5 Å². The van der Waals surface area contributed by atoms with E-state index >= 15 is 0 Å². The van der Waals surface area contributed by atoms with Crippen molar-refractivity contribution in [2.24, 2.45) is 0 Å². The molecule has 3 aromatic rings. The number of amides is 2. The second kappa shape index (κ2) is 9.30. The Balaban J connectivity index is 1.47. The molecule has 0 spiro atoms. The molecule has 144 valence electrons. The molecule has 0 fully saturated rings. The lowest BCUT2D eigenvalue weighted by molar-refractivity contribution is -0.115. The smallest absolute Gasteiger partial charge is 0.287 e. The third-order valence-electron chi connectivity index (χ3n) is 3.62. The summed E-state index contributed by atoms with van der Waals surface area (Å²) in [6, 6.07) is 17.1. The standard InChI is InChI=1S/C20H16Cl2N2O4/c21-16-8-6-13(10-17(16)22)24-19(25)11-23-20(26)18-9-7-15(28-18)12-27-14-4-2-1-3-5-14/h1-10H,11-12H2,(H,23,26)(H,24,25). The highest BCUT2D eigenvalue weighted by atomic mass is 35.5. The Hall–Kier alpha value is -2.96. The number of furan rings is 1. The molecule has 0 radical (unpaired) electrons. The van der Waals surface area contributed by atoms with Crippen LogP contribution in [0.5, 0.6) is 5.75 Å². The number of anilines is 1. The number of benzene rings is 2. The van der Waals surface area contributed by atoms with Gasteiger partial charge in [-0.15, -0.1) is 0 Å². The number of rotatable bonds is 7. The van der Waals surface area contributed by atoms with E-state index in [4.69, 9.17) is 32.4 Å². The number of nitrogens with one attached hydrogen (secondary N) is 2. The molecule has 28 heavy (non-hydrogen) atoms. The highest BCUT2D eigenvalue weighted by molar-refractivity contribution is 6.42. The van der Waals surface area contributed by atoms with Crippen molar-refractivity contribution in [2.45, 2.75) is 6.61 Å². The van der Waals surface area contributed by atoms with Crippen molar-refractivity contribution in [3.63, 3.8) is 0 Å². The van der Waals surface area contributed by atoms with Crippen molar-refractivity contribution in [3.8, 4) is 5.75 Å². The van der Waals surface area contributed by atoms with Gasteiger partial charge in [0.1, 0.15) is 18.1 Å². The number of para-hydroxylation sites is 1. The van der Waals surface area contributed by atoms with Crippen LogP contribution in [-0.4, -0.2) is 18.4 Å². The van der Waals surface area contributed by atoms with Gasteiger partial charge in [-0.3, -0.25) is 9.59 Å². The topological polar surface area (TPSA) is 80.6 Å². The largest absolute Gasteiger partial charge is 0.486 e. The van der Waals surface area contributed by atoms with Crippen LogP contribution in [0.25, 0.3) is 0 Å². The molecule has 0 unspecified atom stereocenters. The summed E-state index contributed by atoms with van der Waals surface area (Å²) in [6.45, 7) is -0.0370. The van der Waals surface area contributed by atoms with Gasteiger partial charge >= 0.3 is 0 Å². The van der Waals surface area contributed by atoms with Crippen molar-refractivity contribution < 1.29 is 18.7 Å². The Morgan fingerprint density at radius 1 is 0.964 bits per heavy atom. The first-order valence-electron chi connectivity index (χ1n) is 8.31. The van der Waals surface area contributed by atoms with Crippen LogP contribution in [0.2, 0.25) is 10.0 Å². The first kappa shape index (κ1) is 19.8. The maximum absolute atomic E-state index is 12.1. The predicted octanol–water partition coefficient (Wildman–Crippen LogP) is 4.53. The maximum atomic E-state index is 12.1. The molecule has 0 atom stereocenters. The molecule has 0 aliphatic rings. The highest BCUT2D eigenvalue weighted by Gasteiger charge is 2.13. The summed E-state index contributed by atoms with van der Waals surface area (Å²) >= 11 is 11.7. The second-order valence-electron chi connectivity index (χ2n) is 5.73. The van der Waals surface area contributed by atoms with E-state index in [1.54, 1.807) is 18.2 Å². The Morgan fingerprint density at radius 3 is 2.50 bits per heavy atom.